The summed E-state index contributed by atoms with van der Waals surface area (Å²) >= 11 is 16.0. The molecule has 1 spiro atoms. The normalized spacial score (nSPS) is 19.4. The van der Waals surface area contributed by atoms with Crippen molar-refractivity contribution in [3.8, 4) is 0 Å². The highest BCUT2D eigenvalue weighted by atomic mass is 79.9. The second-order valence-corrected chi connectivity index (χ2v) is 13.0. The highest BCUT2D eigenvalue weighted by Gasteiger charge is 2.44. The number of likely N-dealkylation sites (N-methyl/N-ethyl adjacent to an activating group) is 1. The SMILES string of the molecule is CN(CC(CC[NH+]1CCC2(CC1)OCc1ccccc12)c1ccc(Cl)c(Cl)c1)C(=O)c1ccc(Br)cc1.O=C([O-])/C=C/C(=O)O. The molecule has 1 unspecified atom stereocenters. The van der Waals surface area contributed by atoms with E-state index in [2.05, 4.69) is 40.2 Å². The molecule has 1 saturated heterocycles. The lowest BCUT2D eigenvalue weighted by molar-refractivity contribution is -0.908. The molecule has 0 aromatic heterocycles. The van der Waals surface area contributed by atoms with Crippen LogP contribution in [0.5, 0.6) is 0 Å². The van der Waals surface area contributed by atoms with Crippen molar-refractivity contribution in [2.24, 2.45) is 0 Å². The number of carboxylic acid groups (broad SMARTS) is 2. The summed E-state index contributed by atoms with van der Waals surface area (Å²) in [5, 5.41) is 18.3. The number of likely N-dealkylation sites (tertiary alicyclic amines) is 1. The van der Waals surface area contributed by atoms with Crippen LogP contribution in [0.1, 0.15) is 52.2 Å². The van der Waals surface area contributed by atoms with E-state index in [1.807, 2.05) is 54.4 Å². The second-order valence-electron chi connectivity index (χ2n) is 11.3. The molecule has 0 aliphatic carbocycles. The molecule has 5 rings (SSSR count). The fourth-order valence-electron chi connectivity index (χ4n) is 5.93. The first-order valence-corrected chi connectivity index (χ1v) is 16.2. The van der Waals surface area contributed by atoms with E-state index in [4.69, 9.17) is 33.0 Å². The number of carboxylic acids is 2. The molecule has 2 heterocycles. The van der Waals surface area contributed by atoms with E-state index in [1.54, 1.807) is 4.90 Å². The number of carbonyl (C=O) groups excluding carboxylic acids is 2. The molecular weight excluding hydrogens is 683 g/mol. The summed E-state index contributed by atoms with van der Waals surface area (Å²) in [6, 6.07) is 22.0. The Morgan fingerprint density at radius 1 is 1.04 bits per heavy atom. The molecule has 3 aromatic rings. The molecule has 45 heavy (non-hydrogen) atoms. The Morgan fingerprint density at radius 3 is 2.36 bits per heavy atom. The third-order valence-electron chi connectivity index (χ3n) is 8.33. The van der Waals surface area contributed by atoms with Crippen LogP contribution in [0.25, 0.3) is 0 Å². The van der Waals surface area contributed by atoms with Gasteiger partial charge < -0.3 is 29.5 Å². The number of quaternary nitrogens is 1. The quantitative estimate of drug-likeness (QED) is 0.316. The van der Waals surface area contributed by atoms with Crippen molar-refractivity contribution < 1.29 is 34.2 Å². The van der Waals surface area contributed by atoms with E-state index in [0.717, 1.165) is 55.5 Å². The summed E-state index contributed by atoms with van der Waals surface area (Å²) in [6.07, 6.45) is 3.98. The number of piperidine rings is 1. The predicted octanol–water partition coefficient (Wildman–Crippen LogP) is 4.48. The number of ether oxygens (including phenoxy) is 1. The minimum Gasteiger partial charge on any atom is -0.545 e. The van der Waals surface area contributed by atoms with Gasteiger partial charge in [0, 0.05) is 54.9 Å². The number of aliphatic carboxylic acids is 2. The Balaban J connectivity index is 0.000000510. The van der Waals surface area contributed by atoms with Crippen molar-refractivity contribution >= 4 is 57.0 Å². The van der Waals surface area contributed by atoms with Crippen LogP contribution >= 0.6 is 39.1 Å². The number of fused-ring (bicyclic) bond motifs is 2. The standard InChI is InChI=1S/C30H31BrCl2N2O2.C4H4O4/c1-34(29(36)21-6-9-25(31)10-7-21)19-23(22-8-11-27(32)28(33)18-22)12-15-35-16-13-30(14-17-35)26-5-3-2-4-24(26)20-37-30;5-3(6)1-2-4(7)8/h2-11,18,23H,12-17,19-20H2,1H3;1-2H,(H,5,6)(H,7,8)/b;2-1+. The first-order valence-electron chi connectivity index (χ1n) is 14.6. The van der Waals surface area contributed by atoms with Gasteiger partial charge in [-0.15, -0.1) is 0 Å². The van der Waals surface area contributed by atoms with Crippen LogP contribution in [0.3, 0.4) is 0 Å². The Kier molecular flexibility index (Phi) is 12.2. The summed E-state index contributed by atoms with van der Waals surface area (Å²) in [6.45, 7) is 4.53. The molecule has 0 saturated carbocycles. The molecule has 2 aliphatic rings. The van der Waals surface area contributed by atoms with Crippen LogP contribution in [-0.2, 0) is 26.5 Å². The lowest BCUT2D eigenvalue weighted by Gasteiger charge is -2.37. The molecule has 238 valence electrons. The van der Waals surface area contributed by atoms with Gasteiger partial charge in [-0.25, -0.2) is 4.79 Å². The van der Waals surface area contributed by atoms with Gasteiger partial charge in [-0.1, -0.05) is 69.5 Å². The Morgan fingerprint density at radius 2 is 1.73 bits per heavy atom. The highest BCUT2D eigenvalue weighted by molar-refractivity contribution is 9.10. The van der Waals surface area contributed by atoms with Gasteiger partial charge in [0.2, 0.25) is 0 Å². The summed E-state index contributed by atoms with van der Waals surface area (Å²) in [4.78, 5) is 35.5. The van der Waals surface area contributed by atoms with Crippen molar-refractivity contribution in [2.75, 3.05) is 33.2 Å². The van der Waals surface area contributed by atoms with Gasteiger partial charge >= 0.3 is 5.97 Å². The van der Waals surface area contributed by atoms with Crippen molar-refractivity contribution in [2.45, 2.75) is 37.4 Å². The maximum Gasteiger partial charge on any atom is 0.328 e. The van der Waals surface area contributed by atoms with Crippen LogP contribution in [0.4, 0.5) is 0 Å². The second kappa shape index (κ2) is 15.9. The molecular formula is C34H35BrCl2N2O6. The Labute approximate surface area is 281 Å². The zero-order valence-corrected chi connectivity index (χ0v) is 27.9. The molecule has 0 bridgehead atoms. The molecule has 0 radical (unpaired) electrons. The third kappa shape index (κ3) is 9.40. The number of nitrogens with one attached hydrogen (secondary N) is 1. The molecule has 1 amide bonds. The zero-order valence-electron chi connectivity index (χ0n) is 24.8. The van der Waals surface area contributed by atoms with E-state index in [9.17, 15) is 19.5 Å². The summed E-state index contributed by atoms with van der Waals surface area (Å²) < 4.78 is 7.32. The number of nitrogens with zero attached hydrogens (tertiary/aromatic N) is 1. The molecule has 1 atom stereocenters. The topological polar surface area (TPSA) is 111 Å². The Hall–Kier alpha value is -3.21. The van der Waals surface area contributed by atoms with E-state index >= 15 is 0 Å². The number of hydrogen-bond donors (Lipinski definition) is 2. The number of amides is 1. The smallest absolute Gasteiger partial charge is 0.328 e. The van der Waals surface area contributed by atoms with Crippen LogP contribution in [0, 0.1) is 0 Å². The monoisotopic (exact) mass is 716 g/mol. The maximum atomic E-state index is 13.1. The number of hydrogen-bond acceptors (Lipinski definition) is 5. The van der Waals surface area contributed by atoms with Crippen molar-refractivity contribution in [1.82, 2.24) is 4.90 Å². The van der Waals surface area contributed by atoms with Gasteiger partial charge in [-0.05, 0) is 59.2 Å². The fourth-order valence-corrected chi connectivity index (χ4v) is 6.50. The fraction of sp³-hybridized carbons (Fsp3) is 0.324. The first-order chi connectivity index (χ1) is 21.5. The van der Waals surface area contributed by atoms with Crippen molar-refractivity contribution in [3.05, 3.63) is 116 Å². The number of benzene rings is 3. The molecule has 2 aliphatic heterocycles. The van der Waals surface area contributed by atoms with Gasteiger partial charge in [0.1, 0.15) is 5.60 Å². The lowest BCUT2D eigenvalue weighted by atomic mass is 9.83. The largest absolute Gasteiger partial charge is 0.545 e. The average Bonchev–Trinajstić information content (AvgIpc) is 3.38. The highest BCUT2D eigenvalue weighted by Crippen LogP contribution is 2.42. The van der Waals surface area contributed by atoms with Gasteiger partial charge in [-0.3, -0.25) is 4.79 Å². The molecule has 11 heteroatoms. The predicted molar refractivity (Wildman–Crippen MR) is 174 cm³/mol. The van der Waals surface area contributed by atoms with E-state index in [1.165, 1.54) is 11.1 Å². The minimum absolute atomic E-state index is 0.0156. The van der Waals surface area contributed by atoms with Crippen LogP contribution in [0.15, 0.2) is 83.4 Å². The van der Waals surface area contributed by atoms with Crippen LogP contribution < -0.4 is 10.0 Å². The molecule has 1 fully saturated rings. The van der Waals surface area contributed by atoms with Crippen LogP contribution in [0.2, 0.25) is 10.0 Å². The number of rotatable bonds is 9. The summed E-state index contributed by atoms with van der Waals surface area (Å²) in [5.41, 5.74) is 4.41. The van der Waals surface area contributed by atoms with Gasteiger partial charge in [0.15, 0.2) is 0 Å². The zero-order chi connectivity index (χ0) is 32.6. The van der Waals surface area contributed by atoms with Crippen LogP contribution in [-0.4, -0.2) is 61.1 Å². The van der Waals surface area contributed by atoms with E-state index in [0.29, 0.717) is 34.3 Å². The maximum absolute atomic E-state index is 13.1. The Bertz CT molecular complexity index is 1520. The first kappa shape index (κ1) is 34.7. The van der Waals surface area contributed by atoms with E-state index < -0.39 is 11.9 Å². The molecule has 8 nitrogen and oxygen atoms in total. The van der Waals surface area contributed by atoms with Gasteiger partial charge in [0.05, 0.1) is 42.3 Å². The van der Waals surface area contributed by atoms with Crippen molar-refractivity contribution in [3.63, 3.8) is 0 Å². The number of carbonyl (C=O) groups is 3. The summed E-state index contributed by atoms with van der Waals surface area (Å²) in [5.74, 6) is -2.63. The van der Waals surface area contributed by atoms with Gasteiger partial charge in [0.25, 0.3) is 5.91 Å². The van der Waals surface area contributed by atoms with E-state index in [-0.39, 0.29) is 17.4 Å². The van der Waals surface area contributed by atoms with Gasteiger partial charge in [-0.2, -0.15) is 0 Å². The summed E-state index contributed by atoms with van der Waals surface area (Å²) in [7, 11) is 1.88. The average molecular weight is 718 g/mol. The number of halogens is 3. The van der Waals surface area contributed by atoms with Crippen molar-refractivity contribution in [1.29, 1.82) is 0 Å². The minimum atomic E-state index is -1.51. The third-order valence-corrected chi connectivity index (χ3v) is 9.60. The lowest BCUT2D eigenvalue weighted by Crippen LogP contribution is -3.13. The molecule has 2 N–H and O–H groups in total. The molecule has 3 aromatic carbocycles.